The van der Waals surface area contributed by atoms with Gasteiger partial charge in [-0.2, -0.15) is 0 Å². The fourth-order valence-electron chi connectivity index (χ4n) is 0.167. The molecule has 0 spiro atoms. The summed E-state index contributed by atoms with van der Waals surface area (Å²) in [6.07, 6.45) is 0. The van der Waals surface area contributed by atoms with E-state index in [4.69, 9.17) is 5.11 Å². The van der Waals surface area contributed by atoms with Gasteiger partial charge in [-0.25, -0.2) is 9.78 Å². The third-order valence-electron chi connectivity index (χ3n) is 0.319. The van der Waals surface area contributed by atoms with Crippen molar-refractivity contribution in [1.82, 2.24) is 0 Å². The standard InChI is InChI=1S/C4H10O2.C2H6O.Al.3H/c1-3-5-6-4-2;1-2-3;;;;/h3-4H2,1-2H3;3H,2H2,1H3;;;;. The number of hydrogen-bond acceptors (Lipinski definition) is 3. The van der Waals surface area contributed by atoms with Gasteiger partial charge in [0.05, 0.1) is 13.2 Å². The van der Waals surface area contributed by atoms with Crippen molar-refractivity contribution in [3.63, 3.8) is 0 Å². The molecule has 0 aliphatic rings. The van der Waals surface area contributed by atoms with Crippen molar-refractivity contribution in [2.75, 3.05) is 19.8 Å². The summed E-state index contributed by atoms with van der Waals surface area (Å²) in [7, 11) is 0. The zero-order valence-electron chi connectivity index (χ0n) is 6.39. The number of hydrogen-bond donors (Lipinski definition) is 1. The van der Waals surface area contributed by atoms with Gasteiger partial charge in [0.1, 0.15) is 0 Å². The van der Waals surface area contributed by atoms with E-state index in [0.29, 0.717) is 13.2 Å². The quantitative estimate of drug-likeness (QED) is 0.273. The van der Waals surface area contributed by atoms with Crippen LogP contribution in [0.3, 0.4) is 0 Å². The Morgan fingerprint density at radius 1 is 1.00 bits per heavy atom. The molecule has 0 aliphatic carbocycles. The van der Waals surface area contributed by atoms with Crippen molar-refractivity contribution in [1.29, 1.82) is 0 Å². The van der Waals surface area contributed by atoms with Crippen LogP contribution in [0.4, 0.5) is 0 Å². The first-order chi connectivity index (χ1) is 4.33. The highest BCUT2D eigenvalue weighted by Gasteiger charge is 1.71. The molecular formula is C6H19AlO3. The molecule has 4 heteroatoms. The van der Waals surface area contributed by atoms with Crippen molar-refractivity contribution in [2.24, 2.45) is 0 Å². The van der Waals surface area contributed by atoms with Gasteiger partial charge in [0.25, 0.3) is 0 Å². The molecule has 0 aromatic rings. The fourth-order valence-corrected chi connectivity index (χ4v) is 0.167. The third-order valence-corrected chi connectivity index (χ3v) is 0.319. The second-order valence-corrected chi connectivity index (χ2v) is 1.13. The molecule has 0 aliphatic heterocycles. The second-order valence-electron chi connectivity index (χ2n) is 1.13. The van der Waals surface area contributed by atoms with Crippen LogP contribution in [0.15, 0.2) is 0 Å². The Hall–Kier alpha value is 0.412. The van der Waals surface area contributed by atoms with E-state index >= 15 is 0 Å². The number of aliphatic hydroxyl groups is 1. The lowest BCUT2D eigenvalue weighted by atomic mass is 10.9. The van der Waals surface area contributed by atoms with Gasteiger partial charge in [-0.3, -0.25) is 0 Å². The highest BCUT2D eigenvalue weighted by atomic mass is 27.0. The number of rotatable bonds is 3. The summed E-state index contributed by atoms with van der Waals surface area (Å²) >= 11 is 0. The van der Waals surface area contributed by atoms with Crippen LogP contribution in [0.2, 0.25) is 0 Å². The minimum absolute atomic E-state index is 0. The topological polar surface area (TPSA) is 38.7 Å². The minimum Gasteiger partial charge on any atom is -0.397 e. The van der Waals surface area contributed by atoms with Crippen molar-refractivity contribution in [3.8, 4) is 0 Å². The summed E-state index contributed by atoms with van der Waals surface area (Å²) in [4.78, 5) is 8.97. The Labute approximate surface area is 73.4 Å². The molecular weight excluding hydrogens is 147 g/mol. The number of aliphatic hydroxyl groups excluding tert-OH is 1. The van der Waals surface area contributed by atoms with E-state index in [-0.39, 0.29) is 24.0 Å². The third kappa shape index (κ3) is 39.7. The molecule has 0 radical (unpaired) electrons. The first-order valence-corrected chi connectivity index (χ1v) is 3.18. The van der Waals surface area contributed by atoms with Gasteiger partial charge in [-0.15, -0.1) is 0 Å². The Bertz CT molecular complexity index is 32.2. The Morgan fingerprint density at radius 2 is 1.20 bits per heavy atom. The molecule has 0 saturated heterocycles. The lowest BCUT2D eigenvalue weighted by Crippen LogP contribution is -1.90. The van der Waals surface area contributed by atoms with Crippen molar-refractivity contribution >= 4 is 17.4 Å². The minimum atomic E-state index is 0. The summed E-state index contributed by atoms with van der Waals surface area (Å²) in [5.41, 5.74) is 0. The average molecular weight is 166 g/mol. The summed E-state index contributed by atoms with van der Waals surface area (Å²) in [5, 5.41) is 7.57. The first-order valence-electron chi connectivity index (χ1n) is 3.18. The van der Waals surface area contributed by atoms with E-state index in [1.165, 1.54) is 0 Å². The second kappa shape index (κ2) is 22.7. The molecule has 0 fully saturated rings. The first kappa shape index (κ1) is 16.8. The van der Waals surface area contributed by atoms with E-state index in [1.807, 2.05) is 13.8 Å². The molecule has 0 saturated carbocycles. The largest absolute Gasteiger partial charge is 0.397 e. The lowest BCUT2D eigenvalue weighted by molar-refractivity contribution is -0.287. The summed E-state index contributed by atoms with van der Waals surface area (Å²) in [6.45, 7) is 6.97. The zero-order chi connectivity index (χ0) is 7.54. The van der Waals surface area contributed by atoms with Crippen LogP contribution in [0.5, 0.6) is 0 Å². The molecule has 0 unspecified atom stereocenters. The van der Waals surface area contributed by atoms with Gasteiger partial charge >= 0.3 is 0 Å². The maximum absolute atomic E-state index is 7.57. The predicted octanol–water partition coefficient (Wildman–Crippen LogP) is -0.211. The van der Waals surface area contributed by atoms with Crippen LogP contribution < -0.4 is 0 Å². The van der Waals surface area contributed by atoms with Crippen LogP contribution >= 0.6 is 0 Å². The highest BCUT2D eigenvalue weighted by Crippen LogP contribution is 1.72. The maximum atomic E-state index is 7.57. The van der Waals surface area contributed by atoms with E-state index in [2.05, 4.69) is 9.78 Å². The molecule has 3 nitrogen and oxygen atoms in total. The molecule has 0 aromatic carbocycles. The van der Waals surface area contributed by atoms with Gasteiger partial charge in [0, 0.05) is 6.61 Å². The van der Waals surface area contributed by atoms with Crippen LogP contribution in [-0.2, 0) is 9.78 Å². The van der Waals surface area contributed by atoms with Gasteiger partial charge in [-0.1, -0.05) is 0 Å². The van der Waals surface area contributed by atoms with Crippen LogP contribution in [-0.4, -0.2) is 42.3 Å². The van der Waals surface area contributed by atoms with E-state index in [1.54, 1.807) is 6.92 Å². The Balaban J connectivity index is -0.000000107. The maximum Gasteiger partial charge on any atom is 0.187 e. The van der Waals surface area contributed by atoms with Crippen LogP contribution in [0, 0.1) is 0 Å². The average Bonchev–Trinajstić information content (AvgIpc) is 1.86. The van der Waals surface area contributed by atoms with Crippen molar-refractivity contribution < 1.29 is 14.9 Å². The predicted molar refractivity (Wildman–Crippen MR) is 46.0 cm³/mol. The Morgan fingerprint density at radius 3 is 1.30 bits per heavy atom. The van der Waals surface area contributed by atoms with Gasteiger partial charge < -0.3 is 5.11 Å². The summed E-state index contributed by atoms with van der Waals surface area (Å²) in [6, 6.07) is 0. The van der Waals surface area contributed by atoms with Crippen molar-refractivity contribution in [3.05, 3.63) is 0 Å². The Kier molecular flexibility index (Phi) is 38.2. The van der Waals surface area contributed by atoms with Gasteiger partial charge in [-0.05, 0) is 20.8 Å². The highest BCUT2D eigenvalue weighted by molar-refractivity contribution is 5.75. The molecule has 64 valence electrons. The monoisotopic (exact) mass is 166 g/mol. The molecule has 0 rings (SSSR count). The van der Waals surface area contributed by atoms with Crippen LogP contribution in [0.1, 0.15) is 20.8 Å². The summed E-state index contributed by atoms with van der Waals surface area (Å²) < 4.78 is 0. The van der Waals surface area contributed by atoms with Crippen LogP contribution in [0.25, 0.3) is 0 Å². The van der Waals surface area contributed by atoms with Gasteiger partial charge in [0.2, 0.25) is 0 Å². The summed E-state index contributed by atoms with van der Waals surface area (Å²) in [5.74, 6) is 0. The lowest BCUT2D eigenvalue weighted by Gasteiger charge is -1.92. The molecule has 0 amide bonds. The normalized spacial score (nSPS) is 7.20. The van der Waals surface area contributed by atoms with Gasteiger partial charge in [0.15, 0.2) is 17.4 Å². The molecule has 0 bridgehead atoms. The smallest absolute Gasteiger partial charge is 0.187 e. The molecule has 0 heterocycles. The molecule has 0 atom stereocenters. The zero-order valence-corrected chi connectivity index (χ0v) is 6.39. The van der Waals surface area contributed by atoms with E-state index < -0.39 is 0 Å². The van der Waals surface area contributed by atoms with Crippen molar-refractivity contribution in [2.45, 2.75) is 20.8 Å². The fraction of sp³-hybridized carbons (Fsp3) is 1.00. The van der Waals surface area contributed by atoms with E-state index in [9.17, 15) is 0 Å². The SMILES string of the molecule is CCO.CCOOCC.[AlH3]. The molecule has 1 N–H and O–H groups in total. The van der Waals surface area contributed by atoms with E-state index in [0.717, 1.165) is 0 Å². The molecule has 0 aromatic heterocycles. The molecule has 10 heavy (non-hydrogen) atoms.